The van der Waals surface area contributed by atoms with Gasteiger partial charge in [0.2, 0.25) is 0 Å². The molecule has 4 N–H and O–H groups in total. The zero-order valence-electron chi connectivity index (χ0n) is 12.8. The van der Waals surface area contributed by atoms with Crippen molar-refractivity contribution in [2.45, 2.75) is 12.4 Å². The molecule has 26 heavy (non-hydrogen) atoms. The predicted octanol–water partition coefficient (Wildman–Crippen LogP) is 3.80. The molecule has 0 saturated carbocycles. The predicted molar refractivity (Wildman–Crippen MR) is 82.0 cm³/mol. The van der Waals surface area contributed by atoms with Gasteiger partial charge in [-0.1, -0.05) is 12.1 Å². The van der Waals surface area contributed by atoms with Gasteiger partial charge in [-0.05, 0) is 41.5 Å². The van der Waals surface area contributed by atoms with E-state index in [9.17, 15) is 31.1 Å². The normalized spacial score (nSPS) is 11.9. The number of hydrogen-bond donors (Lipinski definition) is 2. The summed E-state index contributed by atoms with van der Waals surface area (Å²) in [5.41, 5.74) is 6.75. The van der Waals surface area contributed by atoms with Crippen LogP contribution in [0.2, 0.25) is 0 Å². The van der Waals surface area contributed by atoms with E-state index in [0.29, 0.717) is 12.1 Å². The highest BCUT2D eigenvalue weighted by molar-refractivity contribution is 6.02. The number of carbonyl (C=O) groups is 1. The van der Waals surface area contributed by atoms with E-state index in [1.807, 2.05) is 0 Å². The number of guanidine groups is 1. The summed E-state index contributed by atoms with van der Waals surface area (Å²) in [6, 6.07) is 6.10. The largest absolute Gasteiger partial charge is 0.416 e. The lowest BCUT2D eigenvalue weighted by Gasteiger charge is -2.14. The van der Waals surface area contributed by atoms with Gasteiger partial charge in [-0.15, -0.1) is 0 Å². The molecule has 0 heterocycles. The second-order valence-corrected chi connectivity index (χ2v) is 5.22. The summed E-state index contributed by atoms with van der Waals surface area (Å²) < 4.78 is 77.6. The molecule has 0 atom stereocenters. The number of halogens is 6. The highest BCUT2D eigenvalue weighted by atomic mass is 19.4. The van der Waals surface area contributed by atoms with E-state index in [0.717, 1.165) is 6.07 Å². The van der Waals surface area contributed by atoms with Crippen molar-refractivity contribution < 1.29 is 31.1 Å². The van der Waals surface area contributed by atoms with E-state index < -0.39 is 35.3 Å². The van der Waals surface area contributed by atoms with Gasteiger partial charge in [-0.25, -0.2) is 0 Å². The molecule has 0 unspecified atom stereocenters. The molecule has 10 heteroatoms. The number of carbonyl (C=O) groups excluding carboxylic acids is 1. The Morgan fingerprint density at radius 2 is 1.35 bits per heavy atom. The number of rotatable bonds is 2. The van der Waals surface area contributed by atoms with Gasteiger partial charge in [-0.2, -0.15) is 31.3 Å². The van der Waals surface area contributed by atoms with Crippen LogP contribution in [0, 0.1) is 0 Å². The SMILES string of the molecule is NC(N)=NC(=O)c1cccc(-c2cc(C(F)(F)F)cc(C(F)(F)F)c2)c1. The topological polar surface area (TPSA) is 81.5 Å². The average Bonchev–Trinajstić information content (AvgIpc) is 2.52. The second kappa shape index (κ2) is 6.70. The van der Waals surface area contributed by atoms with Gasteiger partial charge < -0.3 is 11.5 Å². The zero-order chi connectivity index (χ0) is 19.7. The van der Waals surface area contributed by atoms with E-state index in [2.05, 4.69) is 4.99 Å². The Labute approximate surface area is 143 Å². The summed E-state index contributed by atoms with van der Waals surface area (Å²) in [7, 11) is 0. The zero-order valence-corrected chi connectivity index (χ0v) is 12.8. The van der Waals surface area contributed by atoms with Crippen LogP contribution < -0.4 is 11.5 Å². The molecule has 0 radical (unpaired) electrons. The molecule has 2 rings (SSSR count). The van der Waals surface area contributed by atoms with Gasteiger partial charge >= 0.3 is 12.4 Å². The molecule has 0 aliphatic rings. The maximum atomic E-state index is 12.9. The smallest absolute Gasteiger partial charge is 0.370 e. The minimum atomic E-state index is -4.97. The van der Waals surface area contributed by atoms with Crippen molar-refractivity contribution in [1.82, 2.24) is 0 Å². The molecule has 0 fully saturated rings. The van der Waals surface area contributed by atoms with Crippen LogP contribution in [0.1, 0.15) is 21.5 Å². The van der Waals surface area contributed by atoms with Gasteiger partial charge in [0.25, 0.3) is 5.91 Å². The monoisotopic (exact) mass is 375 g/mol. The van der Waals surface area contributed by atoms with Gasteiger partial charge in [0.05, 0.1) is 11.1 Å². The van der Waals surface area contributed by atoms with Gasteiger partial charge in [0, 0.05) is 5.56 Å². The van der Waals surface area contributed by atoms with E-state index in [4.69, 9.17) is 11.5 Å². The molecule has 0 saturated heterocycles. The summed E-state index contributed by atoms with van der Waals surface area (Å²) in [5, 5.41) is 0. The third-order valence-corrected chi connectivity index (χ3v) is 3.26. The van der Waals surface area contributed by atoms with Crippen LogP contribution in [-0.4, -0.2) is 11.9 Å². The maximum absolute atomic E-state index is 12.9. The number of nitrogens with two attached hydrogens (primary N) is 2. The van der Waals surface area contributed by atoms with E-state index in [1.165, 1.54) is 18.2 Å². The van der Waals surface area contributed by atoms with Crippen molar-refractivity contribution in [3.8, 4) is 11.1 Å². The Balaban J connectivity index is 2.61. The Kier molecular flexibility index (Phi) is 4.97. The number of hydrogen-bond acceptors (Lipinski definition) is 1. The Morgan fingerprint density at radius 1 is 0.808 bits per heavy atom. The number of alkyl halides is 6. The van der Waals surface area contributed by atoms with Gasteiger partial charge in [0.15, 0.2) is 5.96 Å². The Morgan fingerprint density at radius 3 is 1.81 bits per heavy atom. The fraction of sp³-hybridized carbons (Fsp3) is 0.125. The van der Waals surface area contributed by atoms with Crippen LogP contribution >= 0.6 is 0 Å². The van der Waals surface area contributed by atoms with Crippen LogP contribution in [0.15, 0.2) is 47.5 Å². The second-order valence-electron chi connectivity index (χ2n) is 5.22. The summed E-state index contributed by atoms with van der Waals surface area (Å²) in [6.07, 6.45) is -9.94. The highest BCUT2D eigenvalue weighted by Crippen LogP contribution is 2.38. The molecule has 0 aliphatic heterocycles. The summed E-state index contributed by atoms with van der Waals surface area (Å²) >= 11 is 0. The first-order valence-electron chi connectivity index (χ1n) is 6.92. The molecule has 1 amide bonds. The summed E-state index contributed by atoms with van der Waals surface area (Å²) in [6.45, 7) is 0. The lowest BCUT2D eigenvalue weighted by Crippen LogP contribution is -2.24. The van der Waals surface area contributed by atoms with Gasteiger partial charge in [0.1, 0.15) is 0 Å². The molecule has 0 aromatic heterocycles. The first kappa shape index (κ1) is 19.3. The number of benzene rings is 2. The van der Waals surface area contributed by atoms with E-state index in [1.54, 1.807) is 0 Å². The number of nitrogens with zero attached hydrogens (tertiary/aromatic N) is 1. The molecule has 0 spiro atoms. The molecular formula is C16H11F6N3O. The molecule has 0 bridgehead atoms. The number of aliphatic imine (C=N–C) groups is 1. The highest BCUT2D eigenvalue weighted by Gasteiger charge is 2.37. The van der Waals surface area contributed by atoms with E-state index in [-0.39, 0.29) is 22.8 Å². The van der Waals surface area contributed by atoms with Crippen molar-refractivity contribution in [1.29, 1.82) is 0 Å². The van der Waals surface area contributed by atoms with Gasteiger partial charge in [-0.3, -0.25) is 4.79 Å². The van der Waals surface area contributed by atoms with Crippen LogP contribution in [-0.2, 0) is 12.4 Å². The van der Waals surface area contributed by atoms with Crippen LogP contribution in [0.4, 0.5) is 26.3 Å². The van der Waals surface area contributed by atoms with Crippen molar-refractivity contribution >= 4 is 11.9 Å². The molecule has 138 valence electrons. The van der Waals surface area contributed by atoms with Crippen molar-refractivity contribution in [3.05, 3.63) is 59.2 Å². The fourth-order valence-electron chi connectivity index (χ4n) is 2.14. The molecular weight excluding hydrogens is 364 g/mol. The maximum Gasteiger partial charge on any atom is 0.416 e. The summed E-state index contributed by atoms with van der Waals surface area (Å²) in [4.78, 5) is 15.1. The first-order valence-corrected chi connectivity index (χ1v) is 6.92. The fourth-order valence-corrected chi connectivity index (χ4v) is 2.14. The standard InChI is InChI=1S/C16H11F6N3O/c17-15(18,19)11-5-10(6-12(7-11)16(20,21)22)8-2-1-3-9(4-8)13(26)25-14(23)24/h1-7H,(H4,23,24,25,26). The summed E-state index contributed by atoms with van der Waals surface area (Å²) in [5.74, 6) is -1.41. The third-order valence-electron chi connectivity index (χ3n) is 3.26. The van der Waals surface area contributed by atoms with Crippen LogP contribution in [0.5, 0.6) is 0 Å². The lowest BCUT2D eigenvalue weighted by atomic mass is 9.97. The third kappa shape index (κ3) is 4.52. The lowest BCUT2D eigenvalue weighted by molar-refractivity contribution is -0.143. The van der Waals surface area contributed by atoms with Crippen molar-refractivity contribution in [2.24, 2.45) is 16.5 Å². The van der Waals surface area contributed by atoms with Crippen LogP contribution in [0.3, 0.4) is 0 Å². The van der Waals surface area contributed by atoms with Crippen LogP contribution in [0.25, 0.3) is 11.1 Å². The van der Waals surface area contributed by atoms with Crippen molar-refractivity contribution in [3.63, 3.8) is 0 Å². The minimum Gasteiger partial charge on any atom is -0.370 e. The average molecular weight is 375 g/mol. The quantitative estimate of drug-likeness (QED) is 0.476. The Hall–Kier alpha value is -3.04. The minimum absolute atomic E-state index is 0.0257. The number of amides is 1. The first-order chi connectivity index (χ1) is 11.9. The molecule has 2 aromatic rings. The van der Waals surface area contributed by atoms with Crippen molar-refractivity contribution in [2.75, 3.05) is 0 Å². The molecule has 0 aliphatic carbocycles. The molecule has 2 aromatic carbocycles. The molecule has 4 nitrogen and oxygen atoms in total. The van der Waals surface area contributed by atoms with E-state index >= 15 is 0 Å². The Bertz CT molecular complexity index is 835.